The topological polar surface area (TPSA) is 42.5 Å². The van der Waals surface area contributed by atoms with Gasteiger partial charge in [0.1, 0.15) is 0 Å². The summed E-state index contributed by atoms with van der Waals surface area (Å²) in [6, 6.07) is 14.7. The van der Waals surface area contributed by atoms with Crippen molar-refractivity contribution in [3.05, 3.63) is 58.6 Å². The van der Waals surface area contributed by atoms with Gasteiger partial charge in [0, 0.05) is 24.7 Å². The number of methoxy groups -OCH3 is 1. The summed E-state index contributed by atoms with van der Waals surface area (Å²) >= 11 is 6.33. The Morgan fingerprint density at radius 1 is 1.15 bits per heavy atom. The monoisotopic (exact) mass is 390 g/mol. The fourth-order valence-corrected chi connectivity index (χ4v) is 3.48. The third-order valence-corrected chi connectivity index (χ3v) is 4.66. The molecule has 0 aliphatic heterocycles. The Hall–Kier alpha value is -1.75. The molecule has 0 aliphatic rings. The normalized spacial score (nSPS) is 12.7. The standard InChI is InChI=1S/C22H31ClN2O2/c1-6-27-20-13-17(12-19(23)21(20)26-5)14-24-15-22(3,4)25-16(2)18-10-8-7-9-11-18/h7-13,16,24-25H,6,14-15H2,1-5H3. The molecule has 27 heavy (non-hydrogen) atoms. The van der Waals surface area contributed by atoms with Gasteiger partial charge in [0.2, 0.25) is 0 Å². The third kappa shape index (κ3) is 6.42. The van der Waals surface area contributed by atoms with E-state index in [1.165, 1.54) is 5.56 Å². The number of hydrogen-bond donors (Lipinski definition) is 2. The van der Waals surface area contributed by atoms with Crippen LogP contribution in [-0.4, -0.2) is 25.8 Å². The van der Waals surface area contributed by atoms with Crippen molar-refractivity contribution in [3.8, 4) is 11.5 Å². The molecule has 1 unspecified atom stereocenters. The lowest BCUT2D eigenvalue weighted by Gasteiger charge is -2.31. The van der Waals surface area contributed by atoms with E-state index in [0.717, 1.165) is 12.1 Å². The van der Waals surface area contributed by atoms with Crippen molar-refractivity contribution in [2.24, 2.45) is 0 Å². The molecule has 0 spiro atoms. The highest BCUT2D eigenvalue weighted by atomic mass is 35.5. The maximum Gasteiger partial charge on any atom is 0.179 e. The molecule has 5 heteroatoms. The first-order chi connectivity index (χ1) is 12.9. The van der Waals surface area contributed by atoms with E-state index in [0.29, 0.717) is 29.7 Å². The number of ether oxygens (including phenoxy) is 2. The van der Waals surface area contributed by atoms with Crippen LogP contribution in [0, 0.1) is 0 Å². The van der Waals surface area contributed by atoms with Crippen LogP contribution in [0.25, 0.3) is 0 Å². The molecule has 2 N–H and O–H groups in total. The predicted octanol–water partition coefficient (Wildman–Crippen LogP) is 4.97. The minimum Gasteiger partial charge on any atom is -0.491 e. The predicted molar refractivity (Wildman–Crippen MR) is 113 cm³/mol. The molecule has 148 valence electrons. The highest BCUT2D eigenvalue weighted by Crippen LogP contribution is 2.36. The van der Waals surface area contributed by atoms with Crippen molar-refractivity contribution in [2.75, 3.05) is 20.3 Å². The van der Waals surface area contributed by atoms with Gasteiger partial charge < -0.3 is 20.1 Å². The molecule has 0 fully saturated rings. The molecule has 0 bridgehead atoms. The van der Waals surface area contributed by atoms with E-state index in [9.17, 15) is 0 Å². The van der Waals surface area contributed by atoms with Gasteiger partial charge in [-0.1, -0.05) is 41.9 Å². The van der Waals surface area contributed by atoms with Gasteiger partial charge in [0.05, 0.1) is 18.7 Å². The van der Waals surface area contributed by atoms with Crippen LogP contribution < -0.4 is 20.1 Å². The van der Waals surface area contributed by atoms with Gasteiger partial charge in [-0.15, -0.1) is 0 Å². The van der Waals surface area contributed by atoms with Crippen LogP contribution in [0.15, 0.2) is 42.5 Å². The lowest BCUT2D eigenvalue weighted by Crippen LogP contribution is -2.48. The lowest BCUT2D eigenvalue weighted by atomic mass is 10.0. The maximum absolute atomic E-state index is 6.33. The van der Waals surface area contributed by atoms with Crippen molar-refractivity contribution in [1.82, 2.24) is 10.6 Å². The SMILES string of the molecule is CCOc1cc(CNCC(C)(C)NC(C)c2ccccc2)cc(Cl)c1OC. The average molecular weight is 391 g/mol. The Balaban J connectivity index is 1.94. The van der Waals surface area contributed by atoms with E-state index in [4.69, 9.17) is 21.1 Å². The number of hydrogen-bond acceptors (Lipinski definition) is 4. The summed E-state index contributed by atoms with van der Waals surface area (Å²) in [5.41, 5.74) is 2.29. The van der Waals surface area contributed by atoms with E-state index in [2.05, 4.69) is 55.7 Å². The van der Waals surface area contributed by atoms with Crippen molar-refractivity contribution < 1.29 is 9.47 Å². The van der Waals surface area contributed by atoms with E-state index in [-0.39, 0.29) is 11.6 Å². The summed E-state index contributed by atoms with van der Waals surface area (Å²) in [6.45, 7) is 10.6. The summed E-state index contributed by atoms with van der Waals surface area (Å²) in [7, 11) is 1.60. The minimum atomic E-state index is -0.0612. The molecule has 2 aromatic carbocycles. The molecular weight excluding hydrogens is 360 g/mol. The van der Waals surface area contributed by atoms with Crippen LogP contribution in [0.4, 0.5) is 0 Å². The van der Waals surface area contributed by atoms with Gasteiger partial charge in [-0.25, -0.2) is 0 Å². The van der Waals surface area contributed by atoms with E-state index in [1.54, 1.807) is 7.11 Å². The fourth-order valence-electron chi connectivity index (χ4n) is 3.17. The molecule has 2 rings (SSSR count). The zero-order valence-corrected chi connectivity index (χ0v) is 17.7. The van der Waals surface area contributed by atoms with Gasteiger partial charge in [-0.2, -0.15) is 0 Å². The summed E-state index contributed by atoms with van der Waals surface area (Å²) in [5, 5.41) is 7.77. The van der Waals surface area contributed by atoms with Gasteiger partial charge in [-0.05, 0) is 51.0 Å². The van der Waals surface area contributed by atoms with Crippen molar-refractivity contribution in [1.29, 1.82) is 0 Å². The molecule has 0 aromatic heterocycles. The molecule has 0 saturated heterocycles. The Morgan fingerprint density at radius 3 is 2.48 bits per heavy atom. The molecule has 4 nitrogen and oxygen atoms in total. The Bertz CT molecular complexity index is 720. The van der Waals surface area contributed by atoms with Gasteiger partial charge in [-0.3, -0.25) is 0 Å². The summed E-state index contributed by atoms with van der Waals surface area (Å²) in [6.07, 6.45) is 0. The largest absolute Gasteiger partial charge is 0.491 e. The second-order valence-corrected chi connectivity index (χ2v) is 7.71. The molecule has 0 amide bonds. The Kier molecular flexibility index (Phi) is 7.96. The quantitative estimate of drug-likeness (QED) is 0.601. The lowest BCUT2D eigenvalue weighted by molar-refractivity contribution is 0.310. The molecule has 1 atom stereocenters. The third-order valence-electron chi connectivity index (χ3n) is 4.38. The first-order valence-electron chi connectivity index (χ1n) is 9.39. The minimum absolute atomic E-state index is 0.0612. The number of rotatable bonds is 10. The molecular formula is C22H31ClN2O2. The van der Waals surface area contributed by atoms with Crippen LogP contribution in [0.3, 0.4) is 0 Å². The van der Waals surface area contributed by atoms with Crippen molar-refractivity contribution in [2.45, 2.75) is 45.8 Å². The second-order valence-electron chi connectivity index (χ2n) is 7.31. The van der Waals surface area contributed by atoms with Crippen LogP contribution >= 0.6 is 11.6 Å². The summed E-state index contributed by atoms with van der Waals surface area (Å²) < 4.78 is 11.0. The molecule has 0 aliphatic carbocycles. The van der Waals surface area contributed by atoms with Gasteiger partial charge in [0.15, 0.2) is 11.5 Å². The van der Waals surface area contributed by atoms with Crippen LogP contribution in [-0.2, 0) is 6.54 Å². The van der Waals surface area contributed by atoms with Crippen LogP contribution in [0.1, 0.15) is 44.9 Å². The average Bonchev–Trinajstić information content (AvgIpc) is 2.62. The first-order valence-corrected chi connectivity index (χ1v) is 9.76. The summed E-state index contributed by atoms with van der Waals surface area (Å²) in [5.74, 6) is 1.26. The highest BCUT2D eigenvalue weighted by molar-refractivity contribution is 6.32. The van der Waals surface area contributed by atoms with Crippen LogP contribution in [0.5, 0.6) is 11.5 Å². The maximum atomic E-state index is 6.33. The molecule has 0 radical (unpaired) electrons. The van der Waals surface area contributed by atoms with Crippen LogP contribution in [0.2, 0.25) is 5.02 Å². The number of nitrogens with one attached hydrogen (secondary N) is 2. The zero-order chi connectivity index (χ0) is 19.9. The molecule has 2 aromatic rings. The van der Waals surface area contributed by atoms with E-state index >= 15 is 0 Å². The fraction of sp³-hybridized carbons (Fsp3) is 0.455. The Labute approximate surface area is 168 Å². The number of halogens is 1. The zero-order valence-electron chi connectivity index (χ0n) is 16.9. The number of benzene rings is 2. The first kappa shape index (κ1) is 21.5. The van der Waals surface area contributed by atoms with Crippen molar-refractivity contribution in [3.63, 3.8) is 0 Å². The smallest absolute Gasteiger partial charge is 0.179 e. The highest BCUT2D eigenvalue weighted by Gasteiger charge is 2.20. The second kappa shape index (κ2) is 9.98. The van der Waals surface area contributed by atoms with E-state index in [1.807, 2.05) is 25.1 Å². The molecule has 0 heterocycles. The van der Waals surface area contributed by atoms with Crippen molar-refractivity contribution >= 4 is 11.6 Å². The van der Waals surface area contributed by atoms with E-state index < -0.39 is 0 Å². The summed E-state index contributed by atoms with van der Waals surface area (Å²) in [4.78, 5) is 0. The van der Waals surface area contributed by atoms with Gasteiger partial charge in [0.25, 0.3) is 0 Å². The van der Waals surface area contributed by atoms with Gasteiger partial charge >= 0.3 is 0 Å². The molecule has 0 saturated carbocycles. The Morgan fingerprint density at radius 2 is 1.85 bits per heavy atom.